The highest BCUT2D eigenvalue weighted by Gasteiger charge is 2.32. The van der Waals surface area contributed by atoms with E-state index in [1.807, 2.05) is 0 Å². The molecule has 8 nitrogen and oxygen atoms in total. The van der Waals surface area contributed by atoms with Crippen LogP contribution in [0.4, 0.5) is 4.39 Å². The first kappa shape index (κ1) is 25.0. The number of aromatic hydroxyl groups is 1. The van der Waals surface area contributed by atoms with E-state index in [9.17, 15) is 22.7 Å². The van der Waals surface area contributed by atoms with Crippen molar-refractivity contribution in [2.24, 2.45) is 0 Å². The number of ether oxygens (including phenoxy) is 2. The van der Waals surface area contributed by atoms with E-state index < -0.39 is 42.9 Å². The molecule has 0 amide bonds. The Kier molecular flexibility index (Phi) is 8.01. The summed E-state index contributed by atoms with van der Waals surface area (Å²) in [6.45, 7) is 1.93. The molecular weight excluding hydrogens is 519 g/mol. The van der Waals surface area contributed by atoms with Crippen molar-refractivity contribution >= 4 is 25.8 Å². The lowest BCUT2D eigenvalue weighted by Gasteiger charge is -2.25. The summed E-state index contributed by atoms with van der Waals surface area (Å²) < 4.78 is 52.6. The molecule has 0 saturated heterocycles. The first-order valence-corrected chi connectivity index (χ1v) is 12.2. The maximum atomic E-state index is 14.1. The number of methoxy groups -OCH3 is 1. The molecule has 3 aromatic rings. The molecule has 0 radical (unpaired) electrons. The fourth-order valence-electron chi connectivity index (χ4n) is 3.32. The summed E-state index contributed by atoms with van der Waals surface area (Å²) in [6.07, 6.45) is 0. The minimum absolute atomic E-state index is 0.0196. The fourth-order valence-corrected chi connectivity index (χ4v) is 4.92. The van der Waals surface area contributed by atoms with Crippen molar-refractivity contribution < 1.29 is 27.4 Å². The molecule has 0 saturated carbocycles. The van der Waals surface area contributed by atoms with Gasteiger partial charge in [-0.3, -0.25) is 9.36 Å². The maximum Gasteiger partial charge on any atom is 0.296 e. The largest absolute Gasteiger partial charge is 0.493 e. The molecule has 0 aliphatic rings. The minimum Gasteiger partial charge on any atom is -0.493 e. The summed E-state index contributed by atoms with van der Waals surface area (Å²) in [6, 6.07) is 11.3. The molecule has 1 N–H and O–H groups in total. The molecule has 0 bridgehead atoms. The zero-order valence-electron chi connectivity index (χ0n) is 17.9. The molecule has 11 heteroatoms. The third-order valence-corrected chi connectivity index (χ3v) is 7.27. The lowest BCUT2D eigenvalue weighted by molar-refractivity contribution is 0.114. The van der Waals surface area contributed by atoms with Crippen molar-refractivity contribution in [3.63, 3.8) is 0 Å². The van der Waals surface area contributed by atoms with E-state index in [0.29, 0.717) is 12.2 Å². The number of sulfone groups is 1. The minimum atomic E-state index is -4.62. The Morgan fingerprint density at radius 3 is 2.52 bits per heavy atom. The second kappa shape index (κ2) is 10.6. The lowest BCUT2D eigenvalue weighted by atomic mass is 10.1. The number of hydrogen-bond acceptors (Lipinski definition) is 7. The van der Waals surface area contributed by atoms with E-state index in [-0.39, 0.29) is 23.5 Å². The molecule has 0 fully saturated rings. The number of halogens is 2. The first-order valence-electron chi connectivity index (χ1n) is 9.88. The number of nitrogens with zero attached hydrogens (tertiary/aromatic N) is 2. The van der Waals surface area contributed by atoms with Crippen molar-refractivity contribution in [3.05, 3.63) is 80.6 Å². The lowest BCUT2D eigenvalue weighted by Crippen LogP contribution is -2.29. The van der Waals surface area contributed by atoms with E-state index in [1.165, 1.54) is 17.7 Å². The van der Waals surface area contributed by atoms with Crippen LogP contribution in [0, 0.1) is 5.82 Å². The van der Waals surface area contributed by atoms with E-state index in [4.69, 9.17) is 9.47 Å². The Hall–Kier alpha value is -2.60. The van der Waals surface area contributed by atoms with Crippen LogP contribution in [0.1, 0.15) is 24.4 Å². The summed E-state index contributed by atoms with van der Waals surface area (Å²) in [4.78, 5) is 15.3. The van der Waals surface area contributed by atoms with Gasteiger partial charge in [0.1, 0.15) is 18.2 Å². The summed E-state index contributed by atoms with van der Waals surface area (Å²) in [5.41, 5.74) is -0.498. The van der Waals surface area contributed by atoms with E-state index in [2.05, 4.69) is 20.9 Å². The van der Waals surface area contributed by atoms with Gasteiger partial charge in [-0.05, 0) is 46.6 Å². The molecule has 33 heavy (non-hydrogen) atoms. The SMILES string of the molecule is CCOCc1nc(=O)c(S(=O)(=O)c2ccc(Br)c(F)c2)c(O)n1C(COC)c1ccccc1. The molecule has 176 valence electrons. The molecule has 0 aliphatic heterocycles. The molecule has 1 atom stereocenters. The van der Waals surface area contributed by atoms with Gasteiger partial charge in [-0.2, -0.15) is 4.98 Å². The predicted molar refractivity (Wildman–Crippen MR) is 122 cm³/mol. The van der Waals surface area contributed by atoms with Crippen LogP contribution < -0.4 is 5.56 Å². The number of rotatable bonds is 9. The highest BCUT2D eigenvalue weighted by molar-refractivity contribution is 9.10. The molecular formula is C22H22BrFN2O6S. The number of benzene rings is 2. The van der Waals surface area contributed by atoms with Crippen LogP contribution in [0.2, 0.25) is 0 Å². The van der Waals surface area contributed by atoms with Gasteiger partial charge in [0.2, 0.25) is 15.7 Å². The van der Waals surface area contributed by atoms with Gasteiger partial charge in [0, 0.05) is 13.7 Å². The average molecular weight is 541 g/mol. The molecule has 1 heterocycles. The summed E-state index contributed by atoms with van der Waals surface area (Å²) in [5.74, 6) is -1.65. The normalized spacial score (nSPS) is 12.6. The van der Waals surface area contributed by atoms with Gasteiger partial charge < -0.3 is 14.6 Å². The van der Waals surface area contributed by atoms with Gasteiger partial charge in [0.25, 0.3) is 5.56 Å². The summed E-state index contributed by atoms with van der Waals surface area (Å²) in [5, 5.41) is 11.2. The smallest absolute Gasteiger partial charge is 0.296 e. The van der Waals surface area contributed by atoms with Gasteiger partial charge in [0.05, 0.1) is 22.0 Å². The van der Waals surface area contributed by atoms with Crippen LogP contribution in [0.15, 0.2) is 67.6 Å². The van der Waals surface area contributed by atoms with Gasteiger partial charge in [-0.15, -0.1) is 0 Å². The Labute approximate surface area is 198 Å². The molecule has 1 unspecified atom stereocenters. The molecule has 2 aromatic carbocycles. The zero-order chi connectivity index (χ0) is 24.2. The van der Waals surface area contributed by atoms with Crippen LogP contribution in [0.5, 0.6) is 5.88 Å². The monoisotopic (exact) mass is 540 g/mol. The Morgan fingerprint density at radius 2 is 1.91 bits per heavy atom. The van der Waals surface area contributed by atoms with E-state index in [1.54, 1.807) is 37.3 Å². The fraction of sp³-hybridized carbons (Fsp3) is 0.273. The van der Waals surface area contributed by atoms with Crippen LogP contribution in [-0.4, -0.2) is 43.4 Å². The summed E-state index contributed by atoms with van der Waals surface area (Å²) >= 11 is 2.96. The highest BCUT2D eigenvalue weighted by Crippen LogP contribution is 2.32. The second-order valence-electron chi connectivity index (χ2n) is 6.95. The van der Waals surface area contributed by atoms with Gasteiger partial charge in [0.15, 0.2) is 4.90 Å². The number of hydrogen-bond donors (Lipinski definition) is 1. The van der Waals surface area contributed by atoms with Gasteiger partial charge in [-0.25, -0.2) is 12.8 Å². The van der Waals surface area contributed by atoms with Crippen molar-refractivity contribution in [1.29, 1.82) is 0 Å². The van der Waals surface area contributed by atoms with Gasteiger partial charge >= 0.3 is 0 Å². The van der Waals surface area contributed by atoms with Crippen molar-refractivity contribution in [2.75, 3.05) is 20.3 Å². The van der Waals surface area contributed by atoms with Gasteiger partial charge in [-0.1, -0.05) is 30.3 Å². The van der Waals surface area contributed by atoms with E-state index in [0.717, 1.165) is 12.1 Å². The third kappa shape index (κ3) is 5.16. The zero-order valence-corrected chi connectivity index (χ0v) is 20.3. The van der Waals surface area contributed by atoms with Crippen LogP contribution in [-0.2, 0) is 25.9 Å². The average Bonchev–Trinajstić information content (AvgIpc) is 2.78. The van der Waals surface area contributed by atoms with Crippen LogP contribution in [0.25, 0.3) is 0 Å². The second-order valence-corrected chi connectivity index (χ2v) is 9.70. The Balaban J connectivity index is 2.31. The number of aromatic nitrogens is 2. The standard InChI is InChI=1S/C22H22BrFN2O6S/c1-3-32-13-19-25-21(27)20(33(29,30)15-9-10-16(23)17(24)11-15)22(28)26(19)18(12-31-2)14-7-5-4-6-8-14/h4-11,18,28H,3,12-13H2,1-2H3. The quantitative estimate of drug-likeness (QED) is 0.442. The van der Waals surface area contributed by atoms with Crippen molar-refractivity contribution in [1.82, 2.24) is 9.55 Å². The summed E-state index contributed by atoms with van der Waals surface area (Å²) in [7, 11) is -3.17. The first-order chi connectivity index (χ1) is 15.7. The Morgan fingerprint density at radius 1 is 1.21 bits per heavy atom. The van der Waals surface area contributed by atoms with E-state index >= 15 is 0 Å². The third-order valence-electron chi connectivity index (χ3n) is 4.86. The molecule has 0 spiro atoms. The topological polar surface area (TPSA) is 108 Å². The van der Waals surface area contributed by atoms with Crippen LogP contribution >= 0.6 is 15.9 Å². The predicted octanol–water partition coefficient (Wildman–Crippen LogP) is 3.46. The van der Waals surface area contributed by atoms with Crippen LogP contribution in [0.3, 0.4) is 0 Å². The Bertz CT molecular complexity index is 1300. The van der Waals surface area contributed by atoms with Crippen molar-refractivity contribution in [3.8, 4) is 5.88 Å². The van der Waals surface area contributed by atoms with Crippen molar-refractivity contribution in [2.45, 2.75) is 29.4 Å². The maximum absolute atomic E-state index is 14.1. The molecule has 0 aliphatic carbocycles. The highest BCUT2D eigenvalue weighted by atomic mass is 79.9. The molecule has 1 aromatic heterocycles. The molecule has 3 rings (SSSR count).